The first kappa shape index (κ1) is 12.4. The third kappa shape index (κ3) is 2.18. The van der Waals surface area contributed by atoms with Gasteiger partial charge in [-0.2, -0.15) is 0 Å². The van der Waals surface area contributed by atoms with Crippen molar-refractivity contribution < 1.29 is 0 Å². The van der Waals surface area contributed by atoms with Crippen LogP contribution >= 0.6 is 0 Å². The van der Waals surface area contributed by atoms with Gasteiger partial charge in [-0.15, -0.1) is 0 Å². The van der Waals surface area contributed by atoms with Crippen molar-refractivity contribution in [3.63, 3.8) is 0 Å². The second-order valence-electron chi connectivity index (χ2n) is 5.57. The fraction of sp³-hybridized carbons (Fsp3) is 0.294. The van der Waals surface area contributed by atoms with Crippen molar-refractivity contribution in [2.24, 2.45) is 5.84 Å². The molecule has 0 spiro atoms. The Morgan fingerprint density at radius 2 is 1.79 bits per heavy atom. The summed E-state index contributed by atoms with van der Waals surface area (Å²) in [4.78, 5) is 0. The van der Waals surface area contributed by atoms with Crippen molar-refractivity contribution in [2.45, 2.75) is 32.2 Å². The Morgan fingerprint density at radius 1 is 1.11 bits per heavy atom. The molecule has 0 aliphatic heterocycles. The summed E-state index contributed by atoms with van der Waals surface area (Å²) >= 11 is 0. The molecule has 0 amide bonds. The van der Waals surface area contributed by atoms with Gasteiger partial charge in [0.15, 0.2) is 0 Å². The summed E-state index contributed by atoms with van der Waals surface area (Å²) in [6.45, 7) is 4.28. The van der Waals surface area contributed by atoms with Crippen LogP contribution in [0.4, 0.5) is 0 Å². The number of hydrogen-bond acceptors (Lipinski definition) is 2. The maximum Gasteiger partial charge on any atom is 0.0531 e. The molecular weight excluding hydrogens is 232 g/mol. The highest BCUT2D eigenvalue weighted by Gasteiger charge is 2.33. The number of aryl methyl sites for hydroxylation is 2. The molecule has 0 radical (unpaired) electrons. The Morgan fingerprint density at radius 3 is 2.42 bits per heavy atom. The molecule has 0 fully saturated rings. The zero-order chi connectivity index (χ0) is 13.4. The normalized spacial score (nSPS) is 18.6. The molecule has 0 bridgehead atoms. The standard InChI is InChI=1S/C17H20N2/c1-11-7-12(2)9-14(8-11)17(19-18)16-10-13-5-3-4-6-15(13)16/h3-9,16-17,19H,10,18H2,1-2H3. The molecule has 2 aromatic rings. The van der Waals surface area contributed by atoms with Crippen LogP contribution in [0, 0.1) is 13.8 Å². The molecule has 1 aliphatic carbocycles. The molecule has 0 aromatic heterocycles. The minimum Gasteiger partial charge on any atom is -0.271 e. The summed E-state index contributed by atoms with van der Waals surface area (Å²) < 4.78 is 0. The van der Waals surface area contributed by atoms with E-state index >= 15 is 0 Å². The number of hydrazine groups is 1. The highest BCUT2D eigenvalue weighted by molar-refractivity contribution is 5.44. The van der Waals surface area contributed by atoms with Crippen LogP contribution in [-0.4, -0.2) is 0 Å². The van der Waals surface area contributed by atoms with Gasteiger partial charge in [0.05, 0.1) is 6.04 Å². The molecule has 0 saturated carbocycles. The van der Waals surface area contributed by atoms with Gasteiger partial charge in [0.25, 0.3) is 0 Å². The van der Waals surface area contributed by atoms with Gasteiger partial charge in [0.2, 0.25) is 0 Å². The molecule has 19 heavy (non-hydrogen) atoms. The summed E-state index contributed by atoms with van der Waals surface area (Å²) in [7, 11) is 0. The van der Waals surface area contributed by atoms with E-state index in [1.807, 2.05) is 0 Å². The lowest BCUT2D eigenvalue weighted by atomic mass is 9.71. The molecule has 2 atom stereocenters. The third-order valence-corrected chi connectivity index (χ3v) is 4.08. The average molecular weight is 252 g/mol. The zero-order valence-electron chi connectivity index (χ0n) is 11.5. The maximum absolute atomic E-state index is 5.82. The maximum atomic E-state index is 5.82. The Kier molecular flexibility index (Phi) is 3.13. The number of benzene rings is 2. The van der Waals surface area contributed by atoms with Crippen LogP contribution in [0.2, 0.25) is 0 Å². The first-order valence-electron chi connectivity index (χ1n) is 6.81. The van der Waals surface area contributed by atoms with E-state index < -0.39 is 0 Å². The summed E-state index contributed by atoms with van der Waals surface area (Å²) in [5.74, 6) is 6.31. The fourth-order valence-corrected chi connectivity index (χ4v) is 3.23. The topological polar surface area (TPSA) is 38.0 Å². The molecule has 2 nitrogen and oxygen atoms in total. The van der Waals surface area contributed by atoms with Gasteiger partial charge in [0.1, 0.15) is 0 Å². The van der Waals surface area contributed by atoms with Crippen LogP contribution < -0.4 is 11.3 Å². The Labute approximate surface area is 114 Å². The van der Waals surface area contributed by atoms with E-state index in [1.165, 1.54) is 27.8 Å². The minimum atomic E-state index is 0.202. The van der Waals surface area contributed by atoms with Crippen LogP contribution in [0.1, 0.15) is 39.8 Å². The first-order chi connectivity index (χ1) is 9.19. The van der Waals surface area contributed by atoms with Gasteiger partial charge in [-0.1, -0.05) is 53.6 Å². The van der Waals surface area contributed by atoms with E-state index in [2.05, 4.69) is 61.7 Å². The monoisotopic (exact) mass is 252 g/mol. The van der Waals surface area contributed by atoms with Crippen LogP contribution in [0.25, 0.3) is 0 Å². The molecule has 2 aromatic carbocycles. The smallest absolute Gasteiger partial charge is 0.0531 e. The van der Waals surface area contributed by atoms with Crippen molar-refractivity contribution in [1.82, 2.24) is 5.43 Å². The fourth-order valence-electron chi connectivity index (χ4n) is 3.23. The minimum absolute atomic E-state index is 0.202. The number of nitrogens with two attached hydrogens (primary N) is 1. The van der Waals surface area contributed by atoms with E-state index in [0.29, 0.717) is 5.92 Å². The van der Waals surface area contributed by atoms with Crippen LogP contribution in [-0.2, 0) is 6.42 Å². The van der Waals surface area contributed by atoms with Gasteiger partial charge in [-0.3, -0.25) is 11.3 Å². The molecule has 2 heteroatoms. The van der Waals surface area contributed by atoms with Crippen LogP contribution in [0.5, 0.6) is 0 Å². The Bertz CT molecular complexity index is 584. The average Bonchev–Trinajstić information content (AvgIpc) is 2.34. The van der Waals surface area contributed by atoms with E-state index in [0.717, 1.165) is 6.42 Å². The molecule has 98 valence electrons. The van der Waals surface area contributed by atoms with E-state index in [4.69, 9.17) is 5.84 Å². The summed E-state index contributed by atoms with van der Waals surface area (Å²) in [5, 5.41) is 0. The van der Waals surface area contributed by atoms with E-state index in [9.17, 15) is 0 Å². The molecule has 0 saturated heterocycles. The predicted molar refractivity (Wildman–Crippen MR) is 78.9 cm³/mol. The van der Waals surface area contributed by atoms with Gasteiger partial charge >= 0.3 is 0 Å². The molecule has 0 heterocycles. The van der Waals surface area contributed by atoms with Gasteiger partial charge in [0, 0.05) is 5.92 Å². The van der Waals surface area contributed by atoms with Crippen molar-refractivity contribution in [1.29, 1.82) is 0 Å². The quantitative estimate of drug-likeness (QED) is 0.650. The van der Waals surface area contributed by atoms with E-state index in [-0.39, 0.29) is 6.04 Å². The molecular formula is C17H20N2. The van der Waals surface area contributed by atoms with Gasteiger partial charge < -0.3 is 0 Å². The summed E-state index contributed by atoms with van der Waals surface area (Å²) in [6.07, 6.45) is 1.11. The Balaban J connectivity index is 1.94. The predicted octanol–water partition coefficient (Wildman–Crippen LogP) is 3.15. The largest absolute Gasteiger partial charge is 0.271 e. The number of nitrogens with one attached hydrogen (secondary N) is 1. The molecule has 2 unspecified atom stereocenters. The van der Waals surface area contributed by atoms with E-state index in [1.54, 1.807) is 0 Å². The summed E-state index contributed by atoms with van der Waals surface area (Å²) in [5.41, 5.74) is 9.79. The zero-order valence-corrected chi connectivity index (χ0v) is 11.5. The second kappa shape index (κ2) is 4.80. The number of rotatable bonds is 3. The van der Waals surface area contributed by atoms with Crippen molar-refractivity contribution >= 4 is 0 Å². The highest BCUT2D eigenvalue weighted by atomic mass is 15.2. The SMILES string of the molecule is Cc1cc(C)cc(C(NN)C2Cc3ccccc32)c1. The highest BCUT2D eigenvalue weighted by Crippen LogP contribution is 2.43. The number of fused-ring (bicyclic) bond motifs is 1. The van der Waals surface area contributed by atoms with Crippen LogP contribution in [0.15, 0.2) is 42.5 Å². The molecule has 3 N–H and O–H groups in total. The second-order valence-corrected chi connectivity index (χ2v) is 5.57. The molecule has 1 aliphatic rings. The van der Waals surface area contributed by atoms with Crippen molar-refractivity contribution in [3.05, 3.63) is 70.3 Å². The lowest BCUT2D eigenvalue weighted by molar-refractivity contribution is 0.419. The summed E-state index contributed by atoms with van der Waals surface area (Å²) in [6, 6.07) is 15.5. The van der Waals surface area contributed by atoms with Crippen molar-refractivity contribution in [2.75, 3.05) is 0 Å². The van der Waals surface area contributed by atoms with Crippen LogP contribution in [0.3, 0.4) is 0 Å². The molecule has 3 rings (SSSR count). The third-order valence-electron chi connectivity index (χ3n) is 4.08. The Hall–Kier alpha value is -1.64. The lowest BCUT2D eigenvalue weighted by Crippen LogP contribution is -2.37. The van der Waals surface area contributed by atoms with Gasteiger partial charge in [-0.05, 0) is 37.0 Å². The van der Waals surface area contributed by atoms with Crippen molar-refractivity contribution in [3.8, 4) is 0 Å². The first-order valence-corrected chi connectivity index (χ1v) is 6.81. The lowest BCUT2D eigenvalue weighted by Gasteiger charge is -2.36. The van der Waals surface area contributed by atoms with Gasteiger partial charge in [-0.25, -0.2) is 0 Å². The number of hydrogen-bond donors (Lipinski definition) is 2.